The standard InChI is InChI=1S/C11H17N3O/c1-4-11(2,15-3)10-13-6-8-5-12-7-9(8)14-10/h6,12H,4-5,7H2,1-3H3. The van der Waals surface area contributed by atoms with E-state index in [1.165, 1.54) is 5.56 Å². The second-order valence-corrected chi connectivity index (χ2v) is 4.06. The third kappa shape index (κ3) is 1.75. The molecule has 0 spiro atoms. The van der Waals surface area contributed by atoms with Crippen molar-refractivity contribution in [2.24, 2.45) is 0 Å². The molecule has 4 heteroatoms. The Morgan fingerprint density at radius 2 is 2.33 bits per heavy atom. The van der Waals surface area contributed by atoms with Crippen molar-refractivity contribution in [3.05, 3.63) is 23.3 Å². The summed E-state index contributed by atoms with van der Waals surface area (Å²) in [4.78, 5) is 8.96. The highest BCUT2D eigenvalue weighted by Gasteiger charge is 2.28. The summed E-state index contributed by atoms with van der Waals surface area (Å²) >= 11 is 0. The van der Waals surface area contributed by atoms with Crippen LogP contribution in [0.1, 0.15) is 37.4 Å². The number of ether oxygens (including phenoxy) is 1. The number of hydrogen-bond acceptors (Lipinski definition) is 4. The molecule has 1 aromatic rings. The summed E-state index contributed by atoms with van der Waals surface area (Å²) in [7, 11) is 1.71. The number of fused-ring (bicyclic) bond motifs is 1. The lowest BCUT2D eigenvalue weighted by molar-refractivity contribution is -0.00915. The fraction of sp³-hybridized carbons (Fsp3) is 0.636. The molecule has 0 aromatic carbocycles. The van der Waals surface area contributed by atoms with Crippen molar-refractivity contribution in [3.63, 3.8) is 0 Å². The Bertz CT molecular complexity index is 361. The molecule has 0 saturated heterocycles. The van der Waals surface area contributed by atoms with Crippen LogP contribution in [0.5, 0.6) is 0 Å². The molecule has 15 heavy (non-hydrogen) atoms. The fourth-order valence-corrected chi connectivity index (χ4v) is 1.71. The van der Waals surface area contributed by atoms with Crippen LogP contribution in [0.4, 0.5) is 0 Å². The third-order valence-electron chi connectivity index (χ3n) is 3.16. The maximum absolute atomic E-state index is 5.49. The van der Waals surface area contributed by atoms with Crippen molar-refractivity contribution in [2.75, 3.05) is 7.11 Å². The number of nitrogens with one attached hydrogen (secondary N) is 1. The van der Waals surface area contributed by atoms with Crippen LogP contribution in [0.2, 0.25) is 0 Å². The Hall–Kier alpha value is -1.00. The summed E-state index contributed by atoms with van der Waals surface area (Å²) in [5.41, 5.74) is 1.95. The number of hydrogen-bond donors (Lipinski definition) is 1. The second-order valence-electron chi connectivity index (χ2n) is 4.06. The highest BCUT2D eigenvalue weighted by molar-refractivity contribution is 5.22. The lowest BCUT2D eigenvalue weighted by Crippen LogP contribution is -2.26. The Morgan fingerprint density at radius 1 is 1.53 bits per heavy atom. The normalized spacial score (nSPS) is 18.6. The Kier molecular flexibility index (Phi) is 2.71. The van der Waals surface area contributed by atoms with Crippen molar-refractivity contribution in [3.8, 4) is 0 Å². The first-order valence-corrected chi connectivity index (χ1v) is 5.30. The van der Waals surface area contributed by atoms with Crippen LogP contribution in [0.15, 0.2) is 6.20 Å². The third-order valence-corrected chi connectivity index (χ3v) is 3.16. The number of rotatable bonds is 3. The molecule has 0 bridgehead atoms. The van der Waals surface area contributed by atoms with Crippen molar-refractivity contribution < 1.29 is 4.74 Å². The topological polar surface area (TPSA) is 47.0 Å². The molecule has 1 N–H and O–H groups in total. The van der Waals surface area contributed by atoms with Gasteiger partial charge in [0.25, 0.3) is 0 Å². The maximum Gasteiger partial charge on any atom is 0.160 e. The molecule has 0 saturated carbocycles. The average Bonchev–Trinajstić information content (AvgIpc) is 2.74. The van der Waals surface area contributed by atoms with Gasteiger partial charge in [0.1, 0.15) is 5.60 Å². The second kappa shape index (κ2) is 3.87. The van der Waals surface area contributed by atoms with Gasteiger partial charge in [-0.2, -0.15) is 0 Å². The summed E-state index contributed by atoms with van der Waals surface area (Å²) in [5.74, 6) is 0.787. The Balaban J connectivity index is 2.37. The van der Waals surface area contributed by atoms with E-state index >= 15 is 0 Å². The molecular weight excluding hydrogens is 190 g/mol. The summed E-state index contributed by atoms with van der Waals surface area (Å²) < 4.78 is 5.49. The molecule has 1 aliphatic heterocycles. The molecule has 1 aromatic heterocycles. The van der Waals surface area contributed by atoms with Crippen LogP contribution in [0.25, 0.3) is 0 Å². The molecule has 2 heterocycles. The van der Waals surface area contributed by atoms with Crippen molar-refractivity contribution in [1.82, 2.24) is 15.3 Å². The maximum atomic E-state index is 5.49. The molecule has 1 atom stereocenters. The van der Waals surface area contributed by atoms with Gasteiger partial charge in [0.2, 0.25) is 0 Å². The molecule has 0 fully saturated rings. The number of nitrogens with zero attached hydrogens (tertiary/aromatic N) is 2. The first-order chi connectivity index (χ1) is 7.19. The van der Waals surface area contributed by atoms with E-state index in [4.69, 9.17) is 4.74 Å². The van der Waals surface area contributed by atoms with Gasteiger partial charge in [0, 0.05) is 32.0 Å². The van der Waals surface area contributed by atoms with Gasteiger partial charge in [-0.3, -0.25) is 0 Å². The SMILES string of the molecule is CCC(C)(OC)c1ncc2c(n1)CNC2. The minimum Gasteiger partial charge on any atom is -0.371 e. The molecule has 2 rings (SSSR count). The Labute approximate surface area is 90.1 Å². The predicted octanol–water partition coefficient (Wildman–Crippen LogP) is 1.35. The van der Waals surface area contributed by atoms with Crippen LogP contribution in [-0.4, -0.2) is 17.1 Å². The molecular formula is C11H17N3O. The zero-order chi connectivity index (χ0) is 10.9. The van der Waals surface area contributed by atoms with Gasteiger partial charge in [0.15, 0.2) is 5.82 Å². The van der Waals surface area contributed by atoms with Crippen molar-refractivity contribution in [2.45, 2.75) is 39.0 Å². The van der Waals surface area contributed by atoms with Gasteiger partial charge >= 0.3 is 0 Å². The molecule has 82 valence electrons. The van der Waals surface area contributed by atoms with E-state index in [1.807, 2.05) is 13.1 Å². The highest BCUT2D eigenvalue weighted by atomic mass is 16.5. The lowest BCUT2D eigenvalue weighted by Gasteiger charge is -2.24. The van der Waals surface area contributed by atoms with Crippen LogP contribution >= 0.6 is 0 Å². The summed E-state index contributed by atoms with van der Waals surface area (Å²) in [5, 5.41) is 3.26. The van der Waals surface area contributed by atoms with E-state index < -0.39 is 0 Å². The Morgan fingerprint density at radius 3 is 3.00 bits per heavy atom. The van der Waals surface area contributed by atoms with Gasteiger partial charge in [-0.15, -0.1) is 0 Å². The zero-order valence-corrected chi connectivity index (χ0v) is 9.50. The van der Waals surface area contributed by atoms with Gasteiger partial charge < -0.3 is 10.1 Å². The minimum absolute atomic E-state index is 0.363. The summed E-state index contributed by atoms with van der Waals surface area (Å²) in [6, 6.07) is 0. The van der Waals surface area contributed by atoms with E-state index in [0.29, 0.717) is 0 Å². The monoisotopic (exact) mass is 207 g/mol. The molecule has 0 radical (unpaired) electrons. The van der Waals surface area contributed by atoms with E-state index in [1.54, 1.807) is 7.11 Å². The molecule has 1 unspecified atom stereocenters. The van der Waals surface area contributed by atoms with Gasteiger partial charge in [-0.1, -0.05) is 6.92 Å². The number of aromatic nitrogens is 2. The van der Waals surface area contributed by atoms with Gasteiger partial charge in [-0.25, -0.2) is 9.97 Å². The van der Waals surface area contributed by atoms with Gasteiger partial charge in [-0.05, 0) is 13.3 Å². The van der Waals surface area contributed by atoms with E-state index in [2.05, 4.69) is 22.2 Å². The molecule has 0 aliphatic carbocycles. The summed E-state index contributed by atoms with van der Waals surface area (Å²) in [6.07, 6.45) is 2.78. The lowest BCUT2D eigenvalue weighted by atomic mass is 10.0. The largest absolute Gasteiger partial charge is 0.371 e. The molecule has 1 aliphatic rings. The van der Waals surface area contributed by atoms with E-state index in [-0.39, 0.29) is 5.60 Å². The van der Waals surface area contributed by atoms with E-state index in [9.17, 15) is 0 Å². The van der Waals surface area contributed by atoms with Crippen LogP contribution in [-0.2, 0) is 23.4 Å². The first kappa shape index (κ1) is 10.5. The number of methoxy groups -OCH3 is 1. The average molecular weight is 207 g/mol. The van der Waals surface area contributed by atoms with Crippen molar-refractivity contribution >= 4 is 0 Å². The zero-order valence-electron chi connectivity index (χ0n) is 9.50. The fourth-order valence-electron chi connectivity index (χ4n) is 1.71. The molecule has 4 nitrogen and oxygen atoms in total. The van der Waals surface area contributed by atoms with Crippen LogP contribution in [0.3, 0.4) is 0 Å². The van der Waals surface area contributed by atoms with Crippen molar-refractivity contribution in [1.29, 1.82) is 0 Å². The van der Waals surface area contributed by atoms with Gasteiger partial charge in [0.05, 0.1) is 5.69 Å². The smallest absolute Gasteiger partial charge is 0.160 e. The van der Waals surface area contributed by atoms with Crippen LogP contribution in [0, 0.1) is 0 Å². The summed E-state index contributed by atoms with van der Waals surface area (Å²) in [6.45, 7) is 5.83. The molecule has 0 amide bonds. The highest BCUT2D eigenvalue weighted by Crippen LogP contribution is 2.26. The van der Waals surface area contributed by atoms with Crippen LogP contribution < -0.4 is 5.32 Å². The quantitative estimate of drug-likeness (QED) is 0.812. The van der Waals surface area contributed by atoms with E-state index in [0.717, 1.165) is 31.0 Å². The first-order valence-electron chi connectivity index (χ1n) is 5.30. The predicted molar refractivity (Wildman–Crippen MR) is 57.2 cm³/mol. The minimum atomic E-state index is -0.363.